The van der Waals surface area contributed by atoms with Crippen LogP contribution in [0.4, 0.5) is 0 Å². The first kappa shape index (κ1) is 13.6. The second-order valence-corrected chi connectivity index (χ2v) is 5.69. The third kappa shape index (κ3) is 3.84. The van der Waals surface area contributed by atoms with E-state index in [-0.39, 0.29) is 5.78 Å². The highest BCUT2D eigenvalue weighted by Gasteiger charge is 2.06. The molecule has 0 bridgehead atoms. The average molecular weight is 299 g/mol. The van der Waals surface area contributed by atoms with E-state index in [0.717, 1.165) is 12.0 Å². The summed E-state index contributed by atoms with van der Waals surface area (Å²) in [7, 11) is 0. The summed E-state index contributed by atoms with van der Waals surface area (Å²) in [6.07, 6.45) is 1.79. The van der Waals surface area contributed by atoms with Gasteiger partial charge in [-0.05, 0) is 46.5 Å². The van der Waals surface area contributed by atoms with Crippen molar-refractivity contribution in [3.63, 3.8) is 0 Å². The third-order valence-corrected chi connectivity index (χ3v) is 4.13. The monoisotopic (exact) mass is 298 g/mol. The summed E-state index contributed by atoms with van der Waals surface area (Å²) >= 11 is 13.4. The molecule has 0 saturated heterocycles. The third-order valence-electron chi connectivity index (χ3n) is 2.66. The van der Waals surface area contributed by atoms with Gasteiger partial charge in [-0.15, -0.1) is 0 Å². The van der Waals surface area contributed by atoms with Crippen molar-refractivity contribution < 1.29 is 4.79 Å². The van der Waals surface area contributed by atoms with Gasteiger partial charge in [-0.1, -0.05) is 29.3 Å². The number of Topliss-reactive ketones (excluding diaryl/α,β-unsaturated/α-hetero) is 1. The van der Waals surface area contributed by atoms with Gasteiger partial charge in [-0.3, -0.25) is 4.79 Å². The zero-order valence-electron chi connectivity index (χ0n) is 9.66. The van der Waals surface area contributed by atoms with Crippen molar-refractivity contribution in [2.45, 2.75) is 19.3 Å². The maximum Gasteiger partial charge on any atom is 0.137 e. The summed E-state index contributed by atoms with van der Waals surface area (Å²) in [5.41, 5.74) is 2.14. The van der Waals surface area contributed by atoms with E-state index < -0.39 is 0 Å². The minimum absolute atomic E-state index is 0.222. The van der Waals surface area contributed by atoms with Gasteiger partial charge in [0.2, 0.25) is 0 Å². The van der Waals surface area contributed by atoms with E-state index >= 15 is 0 Å². The molecular formula is C14H12Cl2OS. The molecule has 0 unspecified atom stereocenters. The summed E-state index contributed by atoms with van der Waals surface area (Å²) in [6, 6.07) is 7.38. The molecule has 2 rings (SSSR count). The number of carbonyl (C=O) groups is 1. The van der Waals surface area contributed by atoms with Gasteiger partial charge >= 0.3 is 0 Å². The maximum absolute atomic E-state index is 11.8. The van der Waals surface area contributed by atoms with Crippen molar-refractivity contribution in [1.82, 2.24) is 0 Å². The molecular weight excluding hydrogens is 287 g/mol. The predicted octanol–water partition coefficient (Wildman–Crippen LogP) is 4.80. The Labute approximate surface area is 120 Å². The molecule has 0 atom stereocenters. The van der Waals surface area contributed by atoms with Crippen LogP contribution in [0.3, 0.4) is 0 Å². The highest BCUT2D eigenvalue weighted by molar-refractivity contribution is 7.07. The minimum Gasteiger partial charge on any atom is -0.299 e. The van der Waals surface area contributed by atoms with Crippen molar-refractivity contribution in [3.05, 3.63) is 56.2 Å². The fourth-order valence-corrected chi connectivity index (χ4v) is 2.71. The zero-order chi connectivity index (χ0) is 13.0. The topological polar surface area (TPSA) is 17.1 Å². The molecule has 0 aliphatic heterocycles. The summed E-state index contributed by atoms with van der Waals surface area (Å²) in [4.78, 5) is 11.8. The van der Waals surface area contributed by atoms with Crippen LogP contribution in [0.5, 0.6) is 0 Å². The molecule has 0 saturated carbocycles. The predicted molar refractivity (Wildman–Crippen MR) is 77.8 cm³/mol. The smallest absolute Gasteiger partial charge is 0.137 e. The molecule has 18 heavy (non-hydrogen) atoms. The number of aryl methyl sites for hydroxylation is 1. The van der Waals surface area contributed by atoms with Crippen LogP contribution in [0, 0.1) is 0 Å². The Hall–Kier alpha value is -0.830. The fraction of sp³-hybridized carbons (Fsp3) is 0.214. The van der Waals surface area contributed by atoms with Gasteiger partial charge in [0, 0.05) is 12.8 Å². The standard InChI is InChI=1S/C14H12Cl2OS/c15-13-4-2-11(8-14(13)16)7-12(17)3-1-10-5-6-18-9-10/h2,4-6,8-9H,1,3,7H2. The summed E-state index contributed by atoms with van der Waals surface area (Å²) < 4.78 is 0. The Morgan fingerprint density at radius 3 is 2.61 bits per heavy atom. The van der Waals surface area contributed by atoms with Crippen LogP contribution in [0.1, 0.15) is 17.5 Å². The van der Waals surface area contributed by atoms with E-state index in [1.807, 2.05) is 11.4 Å². The lowest BCUT2D eigenvalue weighted by molar-refractivity contribution is -0.118. The first-order valence-electron chi connectivity index (χ1n) is 5.62. The van der Waals surface area contributed by atoms with Crippen molar-refractivity contribution >= 4 is 40.3 Å². The Kier molecular flexibility index (Phi) is 4.81. The van der Waals surface area contributed by atoms with Crippen LogP contribution in [0.2, 0.25) is 10.0 Å². The highest BCUT2D eigenvalue weighted by atomic mass is 35.5. The minimum atomic E-state index is 0.222. The molecule has 94 valence electrons. The van der Waals surface area contributed by atoms with Gasteiger partial charge in [0.1, 0.15) is 5.78 Å². The molecule has 0 amide bonds. The van der Waals surface area contributed by atoms with Gasteiger partial charge in [0.15, 0.2) is 0 Å². The lowest BCUT2D eigenvalue weighted by Gasteiger charge is -2.03. The molecule has 0 N–H and O–H groups in total. The zero-order valence-corrected chi connectivity index (χ0v) is 12.0. The van der Waals surface area contributed by atoms with Crippen LogP contribution in [-0.4, -0.2) is 5.78 Å². The summed E-state index contributed by atoms with van der Waals surface area (Å²) in [5.74, 6) is 0.222. The number of thiophene rings is 1. The molecule has 4 heteroatoms. The van der Waals surface area contributed by atoms with Crippen molar-refractivity contribution in [1.29, 1.82) is 0 Å². The van der Waals surface area contributed by atoms with Gasteiger partial charge in [-0.25, -0.2) is 0 Å². The van der Waals surface area contributed by atoms with Crippen molar-refractivity contribution in [2.75, 3.05) is 0 Å². The van der Waals surface area contributed by atoms with E-state index in [1.54, 1.807) is 23.5 Å². The SMILES string of the molecule is O=C(CCc1ccsc1)Cc1ccc(Cl)c(Cl)c1. The molecule has 1 heterocycles. The first-order chi connectivity index (χ1) is 8.65. The fourth-order valence-electron chi connectivity index (χ4n) is 1.68. The van der Waals surface area contributed by atoms with E-state index in [2.05, 4.69) is 11.4 Å². The molecule has 0 aliphatic carbocycles. The number of rotatable bonds is 5. The van der Waals surface area contributed by atoms with Crippen LogP contribution >= 0.6 is 34.5 Å². The second kappa shape index (κ2) is 6.37. The van der Waals surface area contributed by atoms with E-state index in [9.17, 15) is 4.79 Å². The normalized spacial score (nSPS) is 10.6. The average Bonchev–Trinajstić information content (AvgIpc) is 2.84. The molecule has 0 aliphatic rings. The summed E-state index contributed by atoms with van der Waals surface area (Å²) in [6.45, 7) is 0. The first-order valence-corrected chi connectivity index (χ1v) is 7.32. The number of benzene rings is 1. The Balaban J connectivity index is 1.88. The van der Waals surface area contributed by atoms with E-state index in [0.29, 0.717) is 22.9 Å². The lowest BCUT2D eigenvalue weighted by atomic mass is 10.0. The van der Waals surface area contributed by atoms with Crippen molar-refractivity contribution in [2.24, 2.45) is 0 Å². The number of halogens is 2. The molecule has 1 aromatic heterocycles. The summed E-state index contributed by atoms with van der Waals surface area (Å²) in [5, 5.41) is 5.12. The number of ketones is 1. The molecule has 0 fully saturated rings. The second-order valence-electron chi connectivity index (χ2n) is 4.10. The largest absolute Gasteiger partial charge is 0.299 e. The lowest BCUT2D eigenvalue weighted by Crippen LogP contribution is -2.04. The van der Waals surface area contributed by atoms with Gasteiger partial charge in [-0.2, -0.15) is 11.3 Å². The molecule has 2 aromatic rings. The molecule has 1 nitrogen and oxygen atoms in total. The highest BCUT2D eigenvalue weighted by Crippen LogP contribution is 2.23. The van der Waals surface area contributed by atoms with Gasteiger partial charge in [0.25, 0.3) is 0 Å². The molecule has 1 aromatic carbocycles. The Morgan fingerprint density at radius 1 is 1.11 bits per heavy atom. The van der Waals surface area contributed by atoms with Gasteiger partial charge in [0.05, 0.1) is 10.0 Å². The van der Waals surface area contributed by atoms with Crippen LogP contribution in [0.15, 0.2) is 35.0 Å². The van der Waals surface area contributed by atoms with Gasteiger partial charge < -0.3 is 0 Å². The van der Waals surface area contributed by atoms with E-state index in [4.69, 9.17) is 23.2 Å². The number of hydrogen-bond acceptors (Lipinski definition) is 2. The molecule has 0 radical (unpaired) electrons. The Bertz CT molecular complexity index is 535. The van der Waals surface area contributed by atoms with Crippen LogP contribution in [-0.2, 0) is 17.6 Å². The number of hydrogen-bond donors (Lipinski definition) is 0. The van der Waals surface area contributed by atoms with Crippen LogP contribution < -0.4 is 0 Å². The van der Waals surface area contributed by atoms with Crippen LogP contribution in [0.25, 0.3) is 0 Å². The van der Waals surface area contributed by atoms with Crippen molar-refractivity contribution in [3.8, 4) is 0 Å². The van der Waals surface area contributed by atoms with E-state index in [1.165, 1.54) is 5.56 Å². The quantitative estimate of drug-likeness (QED) is 0.775. The Morgan fingerprint density at radius 2 is 1.94 bits per heavy atom. The number of carbonyl (C=O) groups excluding carboxylic acids is 1. The molecule has 0 spiro atoms. The maximum atomic E-state index is 11.8.